The van der Waals surface area contributed by atoms with Gasteiger partial charge in [0.1, 0.15) is 23.6 Å². The Balaban J connectivity index is 1.56. The summed E-state index contributed by atoms with van der Waals surface area (Å²) >= 11 is 1.10. The van der Waals surface area contributed by atoms with E-state index in [2.05, 4.69) is 0 Å². The van der Waals surface area contributed by atoms with Crippen LogP contribution in [0.5, 0.6) is 0 Å². The first-order valence-corrected chi connectivity index (χ1v) is 8.02. The van der Waals surface area contributed by atoms with Crippen LogP contribution in [0.4, 0.5) is 4.79 Å². The van der Waals surface area contributed by atoms with Crippen LogP contribution < -0.4 is 0 Å². The number of hydrogen-bond acceptors (Lipinski definition) is 7. The molecule has 3 saturated heterocycles. The molecule has 0 saturated carbocycles. The number of thioether (sulfide) groups is 1. The number of methoxy groups -OCH3 is 1. The van der Waals surface area contributed by atoms with E-state index in [9.17, 15) is 4.79 Å². The monoisotopic (exact) mass is 324 g/mol. The largest absolute Gasteiger partial charge is 0.450 e. The second-order valence-corrected chi connectivity index (χ2v) is 6.48. The molecule has 0 radical (unpaired) electrons. The molecule has 3 aliphatic heterocycles. The minimum atomic E-state index is -0.497. The summed E-state index contributed by atoms with van der Waals surface area (Å²) in [5.74, 6) is 0. The van der Waals surface area contributed by atoms with Crippen LogP contribution in [0.2, 0.25) is 0 Å². The Morgan fingerprint density at radius 3 is 2.77 bits per heavy atom. The second-order valence-electron chi connectivity index (χ2n) is 5.37. The summed E-state index contributed by atoms with van der Waals surface area (Å²) < 4.78 is 28.4. The Hall–Kier alpha value is -1.12. The van der Waals surface area contributed by atoms with Crippen LogP contribution >= 0.6 is 11.8 Å². The van der Waals surface area contributed by atoms with Crippen LogP contribution in [-0.4, -0.2) is 48.9 Å². The predicted octanol–water partition coefficient (Wildman–Crippen LogP) is 2.09. The molecule has 0 N–H and O–H groups in total. The number of hydrogen-bond donors (Lipinski definition) is 0. The molecule has 7 heteroatoms. The van der Waals surface area contributed by atoms with Gasteiger partial charge in [-0.05, 0) is 11.8 Å². The molecule has 0 amide bonds. The molecule has 3 fully saturated rings. The van der Waals surface area contributed by atoms with E-state index >= 15 is 0 Å². The first-order chi connectivity index (χ1) is 10.8. The molecule has 1 unspecified atom stereocenters. The maximum atomic E-state index is 11.6. The Morgan fingerprint density at radius 1 is 1.18 bits per heavy atom. The molecule has 0 aromatic heterocycles. The number of rotatable bonds is 2. The predicted molar refractivity (Wildman–Crippen MR) is 77.3 cm³/mol. The summed E-state index contributed by atoms with van der Waals surface area (Å²) in [4.78, 5) is 11.6. The number of fused-ring (bicyclic) bond motifs is 3. The Bertz CT molecular complexity index is 552. The van der Waals surface area contributed by atoms with Gasteiger partial charge in [-0.2, -0.15) is 0 Å². The first-order valence-electron chi connectivity index (χ1n) is 7.14. The second kappa shape index (κ2) is 5.82. The van der Waals surface area contributed by atoms with E-state index in [0.717, 1.165) is 17.3 Å². The average Bonchev–Trinajstić information content (AvgIpc) is 2.96. The molecule has 1 aromatic rings. The molecule has 3 heterocycles. The van der Waals surface area contributed by atoms with Crippen molar-refractivity contribution in [1.29, 1.82) is 0 Å². The first kappa shape index (κ1) is 14.5. The summed E-state index contributed by atoms with van der Waals surface area (Å²) in [7, 11) is 1.56. The van der Waals surface area contributed by atoms with Gasteiger partial charge < -0.3 is 23.7 Å². The molecule has 6 atom stereocenters. The van der Waals surface area contributed by atoms with Crippen molar-refractivity contribution in [3.05, 3.63) is 35.9 Å². The Morgan fingerprint density at radius 2 is 2.00 bits per heavy atom. The van der Waals surface area contributed by atoms with Gasteiger partial charge in [0.2, 0.25) is 0 Å². The van der Waals surface area contributed by atoms with Crippen LogP contribution in [0.1, 0.15) is 11.9 Å². The third-order valence-corrected chi connectivity index (χ3v) is 5.10. The Labute approximate surface area is 132 Å². The zero-order valence-electron chi connectivity index (χ0n) is 11.9. The van der Waals surface area contributed by atoms with Gasteiger partial charge in [0.05, 0.1) is 6.61 Å². The van der Waals surface area contributed by atoms with Crippen molar-refractivity contribution in [3.8, 4) is 0 Å². The lowest BCUT2D eigenvalue weighted by atomic mass is 9.99. The number of carbonyl (C=O) groups excluding carboxylic acids is 1. The summed E-state index contributed by atoms with van der Waals surface area (Å²) in [5.41, 5.74) is 0.934. The molecule has 6 nitrogen and oxygen atoms in total. The van der Waals surface area contributed by atoms with E-state index in [0.29, 0.717) is 6.61 Å². The quantitative estimate of drug-likeness (QED) is 0.772. The minimum Gasteiger partial charge on any atom is -0.450 e. The van der Waals surface area contributed by atoms with E-state index in [1.165, 1.54) is 0 Å². The zero-order valence-corrected chi connectivity index (χ0v) is 12.7. The fraction of sp³-hybridized carbons (Fsp3) is 0.533. The highest BCUT2D eigenvalue weighted by Gasteiger charge is 2.56. The maximum absolute atomic E-state index is 11.6. The normalized spacial score (nSPS) is 40.7. The summed E-state index contributed by atoms with van der Waals surface area (Å²) in [6, 6.07) is 9.69. The fourth-order valence-corrected chi connectivity index (χ4v) is 4.05. The molecule has 22 heavy (non-hydrogen) atoms. The number of carbonyl (C=O) groups is 1. The van der Waals surface area contributed by atoms with E-state index in [-0.39, 0.29) is 28.9 Å². The lowest BCUT2D eigenvalue weighted by Gasteiger charge is -2.45. The topological polar surface area (TPSA) is 63.2 Å². The van der Waals surface area contributed by atoms with Crippen LogP contribution in [0.3, 0.4) is 0 Å². The SMILES string of the molecule is CO[C@H]1O[C@@H]2COC(c3ccccc3)O[C@H]2[C@@H]2OC(=O)S[C@H]12. The highest BCUT2D eigenvalue weighted by molar-refractivity contribution is 8.14. The molecule has 0 aliphatic carbocycles. The molecule has 3 aliphatic rings. The lowest BCUT2D eigenvalue weighted by Crippen LogP contribution is -2.60. The van der Waals surface area contributed by atoms with Gasteiger partial charge in [-0.15, -0.1) is 0 Å². The Kier molecular flexibility index (Phi) is 3.83. The lowest BCUT2D eigenvalue weighted by molar-refractivity contribution is -0.329. The average molecular weight is 324 g/mol. The standard InChI is InChI=1S/C15H16O6S/c1-17-14-12-11(21-15(16)22-12)10-9(19-14)7-18-13(20-10)8-5-3-2-4-6-8/h2-6,9-14H,7H2,1H3/t9-,10-,11+,12+,13?,14+/m1/s1. The number of benzene rings is 1. The van der Waals surface area contributed by atoms with Crippen LogP contribution in [0.15, 0.2) is 30.3 Å². The highest BCUT2D eigenvalue weighted by Crippen LogP contribution is 2.43. The van der Waals surface area contributed by atoms with E-state index in [4.69, 9.17) is 23.7 Å². The molecular weight excluding hydrogens is 308 g/mol. The fourth-order valence-electron chi connectivity index (χ4n) is 3.03. The van der Waals surface area contributed by atoms with Gasteiger partial charge in [0, 0.05) is 12.7 Å². The molecule has 118 valence electrons. The summed E-state index contributed by atoms with van der Waals surface area (Å²) in [5, 5.41) is -0.527. The third-order valence-electron chi connectivity index (χ3n) is 4.05. The van der Waals surface area contributed by atoms with Crippen LogP contribution in [0.25, 0.3) is 0 Å². The van der Waals surface area contributed by atoms with Crippen molar-refractivity contribution in [3.63, 3.8) is 0 Å². The number of ether oxygens (including phenoxy) is 5. The van der Waals surface area contributed by atoms with Crippen LogP contribution in [0, 0.1) is 0 Å². The maximum Gasteiger partial charge on any atom is 0.368 e. The van der Waals surface area contributed by atoms with Crippen molar-refractivity contribution >= 4 is 17.1 Å². The van der Waals surface area contributed by atoms with Crippen molar-refractivity contribution in [1.82, 2.24) is 0 Å². The summed E-state index contributed by atoms with van der Waals surface area (Å²) in [6.07, 6.45) is -2.01. The van der Waals surface area contributed by atoms with Gasteiger partial charge in [-0.25, -0.2) is 4.79 Å². The van der Waals surface area contributed by atoms with E-state index in [1.807, 2.05) is 30.3 Å². The van der Waals surface area contributed by atoms with E-state index in [1.54, 1.807) is 7.11 Å². The highest BCUT2D eigenvalue weighted by atomic mass is 32.2. The van der Waals surface area contributed by atoms with Crippen molar-refractivity contribution in [2.24, 2.45) is 0 Å². The van der Waals surface area contributed by atoms with Crippen LogP contribution in [-0.2, 0) is 23.7 Å². The third kappa shape index (κ3) is 2.43. The minimum absolute atomic E-state index is 0.215. The molecule has 0 bridgehead atoms. The molecule has 4 rings (SSSR count). The zero-order chi connectivity index (χ0) is 15.1. The molecular formula is C15H16O6S. The molecule has 1 aromatic carbocycles. The van der Waals surface area contributed by atoms with Gasteiger partial charge in [0.15, 0.2) is 12.6 Å². The molecule has 0 spiro atoms. The van der Waals surface area contributed by atoms with E-state index < -0.39 is 12.6 Å². The van der Waals surface area contributed by atoms with Gasteiger partial charge in [-0.1, -0.05) is 30.3 Å². The van der Waals surface area contributed by atoms with Crippen molar-refractivity contribution in [2.45, 2.75) is 36.1 Å². The summed E-state index contributed by atoms with van der Waals surface area (Å²) in [6.45, 7) is 0.371. The van der Waals surface area contributed by atoms with Gasteiger partial charge >= 0.3 is 5.30 Å². The smallest absolute Gasteiger partial charge is 0.368 e. The van der Waals surface area contributed by atoms with Gasteiger partial charge in [0.25, 0.3) is 0 Å². The van der Waals surface area contributed by atoms with Crippen molar-refractivity contribution in [2.75, 3.05) is 13.7 Å². The van der Waals surface area contributed by atoms with Gasteiger partial charge in [-0.3, -0.25) is 0 Å². The van der Waals surface area contributed by atoms with Crippen molar-refractivity contribution < 1.29 is 28.5 Å².